The Kier molecular flexibility index (Phi) is 4.44. The van der Waals surface area contributed by atoms with E-state index in [-0.39, 0.29) is 5.56 Å². The van der Waals surface area contributed by atoms with Crippen molar-refractivity contribution in [2.75, 3.05) is 11.9 Å². The van der Waals surface area contributed by atoms with Gasteiger partial charge >= 0.3 is 5.97 Å². The topological polar surface area (TPSA) is 74.0 Å². The predicted molar refractivity (Wildman–Crippen MR) is 78.2 cm³/mol. The van der Waals surface area contributed by atoms with Gasteiger partial charge in [0.2, 0.25) is 0 Å². The van der Waals surface area contributed by atoms with Crippen LogP contribution in [0.1, 0.15) is 17.3 Å². The van der Waals surface area contributed by atoms with Crippen LogP contribution in [0.3, 0.4) is 0 Å². The molecule has 2 rings (SSSR count). The molecule has 0 saturated heterocycles. The molecule has 5 nitrogen and oxygen atoms in total. The summed E-state index contributed by atoms with van der Waals surface area (Å²) in [4.78, 5) is 10.7. The number of carbonyl (C=O) groups is 1. The van der Waals surface area contributed by atoms with Gasteiger partial charge in [0, 0.05) is 12.2 Å². The van der Waals surface area contributed by atoms with Crippen LogP contribution in [-0.2, 0) is 0 Å². The van der Waals surface area contributed by atoms with Gasteiger partial charge in [0.05, 0.1) is 16.9 Å². The van der Waals surface area contributed by atoms with Crippen molar-refractivity contribution in [3.05, 3.63) is 54.1 Å². The van der Waals surface area contributed by atoms with Crippen LogP contribution >= 0.6 is 0 Å². The molecule has 0 spiro atoms. The van der Waals surface area contributed by atoms with E-state index >= 15 is 0 Å². The van der Waals surface area contributed by atoms with E-state index in [1.165, 1.54) is 12.1 Å². The summed E-state index contributed by atoms with van der Waals surface area (Å²) in [5.74, 6) is -0.951. The Balaban J connectivity index is 2.06. The van der Waals surface area contributed by atoms with Crippen molar-refractivity contribution in [1.82, 2.24) is 0 Å². The normalized spacial score (nSPS) is 10.7. The van der Waals surface area contributed by atoms with Crippen molar-refractivity contribution in [1.29, 1.82) is 0 Å². The van der Waals surface area contributed by atoms with Gasteiger partial charge in [0.1, 0.15) is 0 Å². The summed E-state index contributed by atoms with van der Waals surface area (Å²) in [6, 6.07) is 13.9. The van der Waals surface area contributed by atoms with E-state index in [9.17, 15) is 4.79 Å². The van der Waals surface area contributed by atoms with E-state index in [1.807, 2.05) is 31.2 Å². The largest absolute Gasteiger partial charge is 0.478 e. The molecule has 102 valence electrons. The Labute approximate surface area is 117 Å². The van der Waals surface area contributed by atoms with Gasteiger partial charge in [-0.05, 0) is 55.5 Å². The monoisotopic (exact) mass is 269 g/mol. The SMILES string of the molecule is CCNc1ccc(N=Nc2ccc(C(=O)O)cc2)cc1. The second kappa shape index (κ2) is 6.47. The van der Waals surface area contributed by atoms with Crippen LogP contribution in [0.25, 0.3) is 0 Å². The molecule has 0 radical (unpaired) electrons. The number of rotatable bonds is 5. The average Bonchev–Trinajstić information content (AvgIpc) is 2.47. The first-order valence-corrected chi connectivity index (χ1v) is 6.28. The fourth-order valence-electron chi connectivity index (χ4n) is 1.64. The maximum Gasteiger partial charge on any atom is 0.335 e. The van der Waals surface area contributed by atoms with Crippen molar-refractivity contribution >= 4 is 23.0 Å². The zero-order chi connectivity index (χ0) is 14.4. The van der Waals surface area contributed by atoms with Gasteiger partial charge in [-0.1, -0.05) is 0 Å². The quantitative estimate of drug-likeness (QED) is 0.797. The first-order chi connectivity index (χ1) is 9.69. The minimum atomic E-state index is -0.951. The molecule has 2 aromatic rings. The van der Waals surface area contributed by atoms with Crippen molar-refractivity contribution in [3.8, 4) is 0 Å². The third-order valence-corrected chi connectivity index (χ3v) is 2.64. The molecule has 2 aromatic carbocycles. The number of aromatic carboxylic acids is 1. The Hall–Kier alpha value is -2.69. The zero-order valence-electron chi connectivity index (χ0n) is 11.1. The molecule has 0 unspecified atom stereocenters. The third-order valence-electron chi connectivity index (χ3n) is 2.64. The van der Waals surface area contributed by atoms with Crippen LogP contribution in [0.2, 0.25) is 0 Å². The zero-order valence-corrected chi connectivity index (χ0v) is 11.1. The highest BCUT2D eigenvalue weighted by molar-refractivity contribution is 5.87. The number of azo groups is 1. The van der Waals surface area contributed by atoms with E-state index < -0.39 is 5.97 Å². The smallest absolute Gasteiger partial charge is 0.335 e. The number of benzene rings is 2. The number of carboxylic acids is 1. The Bertz CT molecular complexity index is 604. The highest BCUT2D eigenvalue weighted by Crippen LogP contribution is 2.20. The minimum Gasteiger partial charge on any atom is -0.478 e. The molecular formula is C15H15N3O2. The van der Waals surface area contributed by atoms with Crippen LogP contribution in [0.5, 0.6) is 0 Å². The third kappa shape index (κ3) is 3.65. The Morgan fingerprint density at radius 1 is 1.00 bits per heavy atom. The molecular weight excluding hydrogens is 254 g/mol. The lowest BCUT2D eigenvalue weighted by atomic mass is 10.2. The van der Waals surface area contributed by atoms with E-state index in [1.54, 1.807) is 12.1 Å². The summed E-state index contributed by atoms with van der Waals surface area (Å²) in [5.41, 5.74) is 2.64. The van der Waals surface area contributed by atoms with E-state index in [0.717, 1.165) is 17.9 Å². The summed E-state index contributed by atoms with van der Waals surface area (Å²) >= 11 is 0. The van der Waals surface area contributed by atoms with Gasteiger partial charge in [0.15, 0.2) is 0 Å². The summed E-state index contributed by atoms with van der Waals surface area (Å²) in [6.45, 7) is 2.91. The number of hydrogen-bond acceptors (Lipinski definition) is 4. The van der Waals surface area contributed by atoms with E-state index in [2.05, 4.69) is 15.5 Å². The summed E-state index contributed by atoms with van der Waals surface area (Å²) in [6.07, 6.45) is 0. The standard InChI is InChI=1S/C15H15N3O2/c1-2-16-12-7-9-14(10-8-12)18-17-13-5-3-11(4-6-13)15(19)20/h3-10,16H,2H2,1H3,(H,19,20). The summed E-state index contributed by atoms with van der Waals surface area (Å²) in [7, 11) is 0. The molecule has 0 aliphatic carbocycles. The van der Waals surface area contributed by atoms with Crippen LogP contribution in [-0.4, -0.2) is 17.6 Å². The van der Waals surface area contributed by atoms with E-state index in [4.69, 9.17) is 5.11 Å². The second-order valence-corrected chi connectivity index (χ2v) is 4.13. The van der Waals surface area contributed by atoms with Gasteiger partial charge in [0.25, 0.3) is 0 Å². The van der Waals surface area contributed by atoms with Crippen molar-refractivity contribution < 1.29 is 9.90 Å². The fraction of sp³-hybridized carbons (Fsp3) is 0.133. The number of nitrogens with one attached hydrogen (secondary N) is 1. The molecule has 0 heterocycles. The van der Waals surface area contributed by atoms with Crippen LogP contribution in [0, 0.1) is 0 Å². The molecule has 0 saturated carbocycles. The molecule has 0 aliphatic rings. The Morgan fingerprint density at radius 2 is 1.50 bits per heavy atom. The number of nitrogens with zero attached hydrogens (tertiary/aromatic N) is 2. The van der Waals surface area contributed by atoms with E-state index in [0.29, 0.717) is 5.69 Å². The first kappa shape index (κ1) is 13.7. The summed E-state index contributed by atoms with van der Waals surface area (Å²) in [5, 5.41) is 20.2. The minimum absolute atomic E-state index is 0.235. The van der Waals surface area contributed by atoms with Gasteiger partial charge < -0.3 is 10.4 Å². The number of carboxylic acid groups (broad SMARTS) is 1. The molecule has 0 atom stereocenters. The van der Waals surface area contributed by atoms with Gasteiger partial charge in [-0.15, -0.1) is 0 Å². The average molecular weight is 269 g/mol. The van der Waals surface area contributed by atoms with Gasteiger partial charge in [-0.2, -0.15) is 10.2 Å². The van der Waals surface area contributed by atoms with Crippen LogP contribution in [0.15, 0.2) is 58.8 Å². The molecule has 2 N–H and O–H groups in total. The molecule has 0 bridgehead atoms. The van der Waals surface area contributed by atoms with Crippen molar-refractivity contribution in [2.24, 2.45) is 10.2 Å². The maximum atomic E-state index is 10.7. The molecule has 0 fully saturated rings. The maximum absolute atomic E-state index is 10.7. The lowest BCUT2D eigenvalue weighted by molar-refractivity contribution is 0.0697. The molecule has 0 aromatic heterocycles. The van der Waals surface area contributed by atoms with Crippen molar-refractivity contribution in [2.45, 2.75) is 6.92 Å². The molecule has 20 heavy (non-hydrogen) atoms. The van der Waals surface area contributed by atoms with Gasteiger partial charge in [-0.3, -0.25) is 0 Å². The molecule has 5 heteroatoms. The number of hydrogen-bond donors (Lipinski definition) is 2. The van der Waals surface area contributed by atoms with Crippen LogP contribution in [0.4, 0.5) is 17.1 Å². The first-order valence-electron chi connectivity index (χ1n) is 6.28. The molecule has 0 amide bonds. The highest BCUT2D eigenvalue weighted by atomic mass is 16.4. The predicted octanol–water partition coefficient (Wildman–Crippen LogP) is 4.23. The lowest BCUT2D eigenvalue weighted by Gasteiger charge is -2.01. The van der Waals surface area contributed by atoms with Crippen LogP contribution < -0.4 is 5.32 Å². The number of anilines is 1. The van der Waals surface area contributed by atoms with Crippen molar-refractivity contribution in [3.63, 3.8) is 0 Å². The lowest BCUT2D eigenvalue weighted by Crippen LogP contribution is -1.94. The highest BCUT2D eigenvalue weighted by Gasteiger charge is 2.00. The molecule has 0 aliphatic heterocycles. The summed E-state index contributed by atoms with van der Waals surface area (Å²) < 4.78 is 0. The second-order valence-electron chi connectivity index (χ2n) is 4.13. The Morgan fingerprint density at radius 3 is 1.95 bits per heavy atom. The van der Waals surface area contributed by atoms with Gasteiger partial charge in [-0.25, -0.2) is 4.79 Å². The fourth-order valence-corrected chi connectivity index (χ4v) is 1.64.